The minimum Gasteiger partial charge on any atom is -0.495 e. The number of halogens is 1. The predicted molar refractivity (Wildman–Crippen MR) is 73.3 cm³/mol. The van der Waals surface area contributed by atoms with E-state index in [-0.39, 0.29) is 28.7 Å². The molecule has 0 unspecified atom stereocenters. The number of nitrogens with zero attached hydrogens (tertiary/aromatic N) is 3. The molecule has 1 aromatic carbocycles. The fraction of sp³-hybridized carbons (Fsp3) is 0.222. The molecule has 1 aromatic heterocycles. The zero-order valence-corrected chi connectivity index (χ0v) is 12.7. The molecule has 2 aromatic rings. The lowest BCUT2D eigenvalue weighted by atomic mass is 10.3. The van der Waals surface area contributed by atoms with Crippen LogP contribution < -0.4 is 15.2 Å². The molecule has 0 spiro atoms. The van der Waals surface area contributed by atoms with Gasteiger partial charge in [-0.1, -0.05) is 5.21 Å². The number of sulfonamides is 1. The molecule has 0 bridgehead atoms. The minimum absolute atomic E-state index is 0.0656. The Kier molecular flexibility index (Phi) is 4.20. The number of nitrogens with two attached hydrogens (primary N) is 1. The summed E-state index contributed by atoms with van der Waals surface area (Å²) in [6, 6.07) is 2.79. The number of hydrogen-bond acceptors (Lipinski definition) is 7. The Labute approximate surface area is 123 Å². The van der Waals surface area contributed by atoms with Crippen molar-refractivity contribution in [2.45, 2.75) is 11.4 Å². The van der Waals surface area contributed by atoms with Gasteiger partial charge in [0.2, 0.25) is 10.0 Å². The van der Waals surface area contributed by atoms with Crippen LogP contribution in [-0.4, -0.2) is 36.2 Å². The van der Waals surface area contributed by atoms with E-state index in [0.717, 1.165) is 0 Å². The fourth-order valence-corrected chi connectivity index (χ4v) is 2.90. The first kappa shape index (κ1) is 14.7. The van der Waals surface area contributed by atoms with Gasteiger partial charge in [-0.2, -0.15) is 5.21 Å². The van der Waals surface area contributed by atoms with Crippen molar-refractivity contribution >= 4 is 31.6 Å². The van der Waals surface area contributed by atoms with Crippen molar-refractivity contribution in [3.05, 3.63) is 22.4 Å². The standard InChI is InChI=1S/C9H11BrN6O3S/c1-19-7-2-5(10)6(11)3-8(7)20(17,18)12-4-9-13-15-16-14-9/h2-3,12H,4,11H2,1H3,(H,13,14,15,16). The first-order chi connectivity index (χ1) is 9.44. The number of aromatic amines is 1. The van der Waals surface area contributed by atoms with Gasteiger partial charge >= 0.3 is 0 Å². The van der Waals surface area contributed by atoms with E-state index >= 15 is 0 Å². The highest BCUT2D eigenvalue weighted by molar-refractivity contribution is 9.10. The minimum atomic E-state index is -3.82. The van der Waals surface area contributed by atoms with Crippen molar-refractivity contribution < 1.29 is 13.2 Å². The van der Waals surface area contributed by atoms with E-state index in [1.54, 1.807) is 0 Å². The molecule has 4 N–H and O–H groups in total. The summed E-state index contributed by atoms with van der Waals surface area (Å²) in [4.78, 5) is -0.0656. The highest BCUT2D eigenvalue weighted by atomic mass is 79.9. The number of benzene rings is 1. The third kappa shape index (κ3) is 3.05. The Balaban J connectivity index is 2.31. The van der Waals surface area contributed by atoms with Crippen molar-refractivity contribution in [3.8, 4) is 5.75 Å². The number of nitrogen functional groups attached to an aromatic ring is 1. The Morgan fingerprint density at radius 3 is 2.85 bits per heavy atom. The molecular weight excluding hydrogens is 352 g/mol. The van der Waals surface area contributed by atoms with Gasteiger partial charge in [0.05, 0.1) is 13.7 Å². The molecule has 0 saturated carbocycles. The van der Waals surface area contributed by atoms with Crippen LogP contribution in [0.15, 0.2) is 21.5 Å². The highest BCUT2D eigenvalue weighted by Crippen LogP contribution is 2.32. The average molecular weight is 363 g/mol. The summed E-state index contributed by atoms with van der Waals surface area (Å²) in [7, 11) is -2.44. The molecule has 20 heavy (non-hydrogen) atoms. The maximum absolute atomic E-state index is 12.2. The molecule has 0 aliphatic heterocycles. The Morgan fingerprint density at radius 1 is 1.50 bits per heavy atom. The van der Waals surface area contributed by atoms with Gasteiger partial charge in [-0.05, 0) is 28.1 Å². The van der Waals surface area contributed by atoms with Gasteiger partial charge in [0.25, 0.3) is 0 Å². The lowest BCUT2D eigenvalue weighted by Crippen LogP contribution is -2.24. The van der Waals surface area contributed by atoms with Crippen LogP contribution in [0.3, 0.4) is 0 Å². The number of methoxy groups -OCH3 is 1. The van der Waals surface area contributed by atoms with E-state index in [1.165, 1.54) is 19.2 Å². The molecule has 9 nitrogen and oxygen atoms in total. The summed E-state index contributed by atoms with van der Waals surface area (Å²) in [5, 5.41) is 12.9. The van der Waals surface area contributed by atoms with Crippen LogP contribution in [0.4, 0.5) is 5.69 Å². The summed E-state index contributed by atoms with van der Waals surface area (Å²) in [6.07, 6.45) is 0. The lowest BCUT2D eigenvalue weighted by Gasteiger charge is -2.11. The number of aromatic nitrogens is 4. The first-order valence-electron chi connectivity index (χ1n) is 5.29. The topological polar surface area (TPSA) is 136 Å². The van der Waals surface area contributed by atoms with Crippen LogP contribution in [0, 0.1) is 0 Å². The number of rotatable bonds is 5. The zero-order chi connectivity index (χ0) is 14.8. The van der Waals surface area contributed by atoms with Gasteiger partial charge in [0.1, 0.15) is 10.6 Å². The molecule has 0 aliphatic rings. The van der Waals surface area contributed by atoms with E-state index < -0.39 is 10.0 Å². The molecule has 11 heteroatoms. The summed E-state index contributed by atoms with van der Waals surface area (Å²) in [6.45, 7) is -0.0992. The van der Waals surface area contributed by atoms with E-state index in [0.29, 0.717) is 4.47 Å². The molecule has 2 rings (SSSR count). The van der Waals surface area contributed by atoms with Crippen molar-refractivity contribution in [2.24, 2.45) is 0 Å². The van der Waals surface area contributed by atoms with Crippen molar-refractivity contribution in [1.29, 1.82) is 0 Å². The zero-order valence-electron chi connectivity index (χ0n) is 10.3. The van der Waals surface area contributed by atoms with Gasteiger partial charge in [-0.3, -0.25) is 0 Å². The number of ether oxygens (including phenoxy) is 1. The Bertz CT molecular complexity index is 703. The molecule has 0 radical (unpaired) electrons. The summed E-state index contributed by atoms with van der Waals surface area (Å²) in [5.41, 5.74) is 5.98. The van der Waals surface area contributed by atoms with Crippen LogP contribution in [0.1, 0.15) is 5.82 Å². The number of nitrogens with one attached hydrogen (secondary N) is 2. The van der Waals surface area contributed by atoms with E-state index in [4.69, 9.17) is 10.5 Å². The number of H-pyrrole nitrogens is 1. The third-order valence-electron chi connectivity index (χ3n) is 2.38. The molecule has 108 valence electrons. The first-order valence-corrected chi connectivity index (χ1v) is 7.56. The van der Waals surface area contributed by atoms with Crippen molar-refractivity contribution in [2.75, 3.05) is 12.8 Å². The van der Waals surface area contributed by atoms with Gasteiger partial charge in [0.15, 0.2) is 5.82 Å². The molecule has 0 aliphatic carbocycles. The number of hydrogen-bond donors (Lipinski definition) is 3. The lowest BCUT2D eigenvalue weighted by molar-refractivity contribution is 0.402. The number of tetrazole rings is 1. The Hall–Kier alpha value is -1.72. The molecule has 0 atom stereocenters. The summed E-state index contributed by atoms with van der Waals surface area (Å²) in [5.74, 6) is 0.393. The largest absolute Gasteiger partial charge is 0.495 e. The monoisotopic (exact) mass is 362 g/mol. The van der Waals surface area contributed by atoms with Crippen LogP contribution >= 0.6 is 15.9 Å². The Morgan fingerprint density at radius 2 is 2.25 bits per heavy atom. The van der Waals surface area contributed by atoms with Crippen LogP contribution in [-0.2, 0) is 16.6 Å². The smallest absolute Gasteiger partial charge is 0.244 e. The van der Waals surface area contributed by atoms with E-state index in [9.17, 15) is 8.42 Å². The second-order valence-electron chi connectivity index (χ2n) is 3.68. The maximum atomic E-state index is 12.2. The van der Waals surface area contributed by atoms with E-state index in [2.05, 4.69) is 41.3 Å². The average Bonchev–Trinajstić information content (AvgIpc) is 2.92. The summed E-state index contributed by atoms with van der Waals surface area (Å²) < 4.78 is 32.4. The molecular formula is C9H11BrN6O3S. The normalized spacial score (nSPS) is 11.5. The van der Waals surface area contributed by atoms with Gasteiger partial charge in [-0.15, -0.1) is 10.2 Å². The number of anilines is 1. The molecule has 0 fully saturated rings. The molecule has 1 heterocycles. The highest BCUT2D eigenvalue weighted by Gasteiger charge is 2.21. The summed E-state index contributed by atoms with van der Waals surface area (Å²) >= 11 is 3.21. The van der Waals surface area contributed by atoms with Crippen LogP contribution in [0.2, 0.25) is 0 Å². The van der Waals surface area contributed by atoms with Gasteiger partial charge in [0, 0.05) is 10.2 Å². The van der Waals surface area contributed by atoms with E-state index in [1.807, 2.05) is 0 Å². The quantitative estimate of drug-likeness (QED) is 0.638. The predicted octanol–water partition coefficient (Wildman–Crippen LogP) is 0.0315. The molecule has 0 saturated heterocycles. The van der Waals surface area contributed by atoms with Gasteiger partial charge < -0.3 is 10.5 Å². The van der Waals surface area contributed by atoms with Gasteiger partial charge in [-0.25, -0.2) is 13.1 Å². The SMILES string of the molecule is COc1cc(Br)c(N)cc1S(=O)(=O)NCc1nn[nH]n1. The van der Waals surface area contributed by atoms with Crippen LogP contribution in [0.25, 0.3) is 0 Å². The van der Waals surface area contributed by atoms with Crippen LogP contribution in [0.5, 0.6) is 5.75 Å². The third-order valence-corrected chi connectivity index (χ3v) is 4.49. The fourth-order valence-electron chi connectivity index (χ4n) is 1.42. The van der Waals surface area contributed by atoms with Crippen molar-refractivity contribution in [3.63, 3.8) is 0 Å². The maximum Gasteiger partial charge on any atom is 0.244 e. The second-order valence-corrected chi connectivity index (χ2v) is 6.27. The van der Waals surface area contributed by atoms with Crippen molar-refractivity contribution in [1.82, 2.24) is 25.3 Å². The molecule has 0 amide bonds. The second kappa shape index (κ2) is 5.73.